The summed E-state index contributed by atoms with van der Waals surface area (Å²) < 4.78 is 11.1. The molecular weight excluding hydrogens is 234 g/mol. The van der Waals surface area contributed by atoms with E-state index in [0.717, 1.165) is 32.6 Å². The van der Waals surface area contributed by atoms with Crippen molar-refractivity contribution in [2.24, 2.45) is 0 Å². The van der Waals surface area contributed by atoms with Gasteiger partial charge in [-0.3, -0.25) is 0 Å². The van der Waals surface area contributed by atoms with E-state index in [2.05, 4.69) is 29.8 Å². The molecule has 96 valence electrons. The van der Waals surface area contributed by atoms with E-state index in [4.69, 9.17) is 9.47 Å². The van der Waals surface area contributed by atoms with Crippen molar-refractivity contribution >= 4 is 11.3 Å². The Bertz CT molecular complexity index is 320. The van der Waals surface area contributed by atoms with Gasteiger partial charge in [0.15, 0.2) is 0 Å². The molecule has 1 N–H and O–H groups in total. The van der Waals surface area contributed by atoms with E-state index in [1.807, 2.05) is 7.11 Å². The molecular formula is C13H21NO2S. The van der Waals surface area contributed by atoms with Gasteiger partial charge in [0, 0.05) is 50.6 Å². The fraction of sp³-hybridized carbons (Fsp3) is 0.692. The maximum Gasteiger partial charge on any atom is 0.0846 e. The zero-order valence-electron chi connectivity index (χ0n) is 10.6. The summed E-state index contributed by atoms with van der Waals surface area (Å²) in [5.41, 5.74) is -0.0379. The summed E-state index contributed by atoms with van der Waals surface area (Å²) in [5.74, 6) is 0. The molecule has 0 spiro atoms. The fourth-order valence-electron chi connectivity index (χ4n) is 2.17. The lowest BCUT2D eigenvalue weighted by Gasteiger charge is -2.36. The van der Waals surface area contributed by atoms with E-state index in [0.29, 0.717) is 6.04 Å². The SMILES string of the molecule is COC1(CN[C@H](C)c2cccs2)CCOCC1. The highest BCUT2D eigenvalue weighted by Gasteiger charge is 2.32. The van der Waals surface area contributed by atoms with Crippen molar-refractivity contribution in [1.29, 1.82) is 0 Å². The third-order valence-electron chi connectivity index (χ3n) is 3.54. The minimum absolute atomic E-state index is 0.0379. The van der Waals surface area contributed by atoms with Gasteiger partial charge >= 0.3 is 0 Å². The average molecular weight is 255 g/mol. The highest BCUT2D eigenvalue weighted by Crippen LogP contribution is 2.25. The Morgan fingerprint density at radius 1 is 1.53 bits per heavy atom. The standard InChI is InChI=1S/C13H21NO2S/c1-11(12-4-3-9-17-12)14-10-13(15-2)5-7-16-8-6-13/h3-4,9,11,14H,5-8,10H2,1-2H3/t11-/m1/s1. The van der Waals surface area contributed by atoms with Crippen molar-refractivity contribution in [3.05, 3.63) is 22.4 Å². The Morgan fingerprint density at radius 3 is 2.88 bits per heavy atom. The summed E-state index contributed by atoms with van der Waals surface area (Å²) in [6.45, 7) is 4.71. The van der Waals surface area contributed by atoms with Gasteiger partial charge in [-0.15, -0.1) is 11.3 Å². The lowest BCUT2D eigenvalue weighted by molar-refractivity contribution is -0.0884. The maximum atomic E-state index is 5.71. The predicted octanol–water partition coefficient (Wildman–Crippen LogP) is 2.59. The van der Waals surface area contributed by atoms with Crippen LogP contribution in [0.15, 0.2) is 17.5 Å². The van der Waals surface area contributed by atoms with Crippen LogP contribution in [0.4, 0.5) is 0 Å². The van der Waals surface area contributed by atoms with Gasteiger partial charge in [0.25, 0.3) is 0 Å². The Labute approximate surface area is 107 Å². The number of methoxy groups -OCH3 is 1. The molecule has 4 heteroatoms. The minimum Gasteiger partial charge on any atom is -0.381 e. The molecule has 1 aliphatic rings. The lowest BCUT2D eigenvalue weighted by Crippen LogP contribution is -2.47. The summed E-state index contributed by atoms with van der Waals surface area (Å²) in [6.07, 6.45) is 1.96. The zero-order valence-corrected chi connectivity index (χ0v) is 11.4. The summed E-state index contributed by atoms with van der Waals surface area (Å²) in [6, 6.07) is 4.66. The van der Waals surface area contributed by atoms with E-state index in [9.17, 15) is 0 Å². The third kappa shape index (κ3) is 3.28. The third-order valence-corrected chi connectivity index (χ3v) is 4.59. The van der Waals surface area contributed by atoms with Gasteiger partial charge in [-0.2, -0.15) is 0 Å². The van der Waals surface area contributed by atoms with E-state index >= 15 is 0 Å². The molecule has 0 radical (unpaired) electrons. The second-order valence-corrected chi connectivity index (χ2v) is 5.60. The average Bonchev–Trinajstić information content (AvgIpc) is 2.91. The maximum absolute atomic E-state index is 5.71. The summed E-state index contributed by atoms with van der Waals surface area (Å²) in [4.78, 5) is 1.38. The van der Waals surface area contributed by atoms with E-state index in [1.54, 1.807) is 11.3 Å². The molecule has 0 saturated carbocycles. The number of ether oxygens (including phenoxy) is 2. The van der Waals surface area contributed by atoms with Gasteiger partial charge in [0.05, 0.1) is 5.60 Å². The molecule has 1 atom stereocenters. The molecule has 3 nitrogen and oxygen atoms in total. The molecule has 2 heterocycles. The molecule has 0 bridgehead atoms. The van der Waals surface area contributed by atoms with Crippen molar-refractivity contribution in [3.63, 3.8) is 0 Å². The van der Waals surface area contributed by atoms with Crippen molar-refractivity contribution in [3.8, 4) is 0 Å². The van der Waals surface area contributed by atoms with Crippen LogP contribution in [0.2, 0.25) is 0 Å². The zero-order chi connectivity index (χ0) is 12.1. The van der Waals surface area contributed by atoms with E-state index in [1.165, 1.54) is 4.88 Å². The molecule has 1 fully saturated rings. The molecule has 2 rings (SSSR count). The molecule has 1 saturated heterocycles. The van der Waals surface area contributed by atoms with Crippen LogP contribution in [0.1, 0.15) is 30.7 Å². The van der Waals surface area contributed by atoms with Gasteiger partial charge in [-0.25, -0.2) is 0 Å². The topological polar surface area (TPSA) is 30.5 Å². The predicted molar refractivity (Wildman–Crippen MR) is 70.5 cm³/mol. The first-order valence-corrected chi connectivity index (χ1v) is 7.03. The smallest absolute Gasteiger partial charge is 0.0846 e. The Hall–Kier alpha value is -0.420. The summed E-state index contributed by atoms with van der Waals surface area (Å²) in [7, 11) is 1.81. The van der Waals surface area contributed by atoms with Crippen LogP contribution in [0.5, 0.6) is 0 Å². The van der Waals surface area contributed by atoms with Crippen LogP contribution in [0.3, 0.4) is 0 Å². The molecule has 0 aliphatic carbocycles. The molecule has 0 aromatic carbocycles. The largest absolute Gasteiger partial charge is 0.381 e. The fourth-order valence-corrected chi connectivity index (χ4v) is 2.93. The number of rotatable bonds is 5. The first kappa shape index (κ1) is 13.0. The van der Waals surface area contributed by atoms with Crippen LogP contribution in [-0.2, 0) is 9.47 Å². The Kier molecular flexibility index (Phi) is 4.56. The van der Waals surface area contributed by atoms with Crippen molar-refractivity contribution < 1.29 is 9.47 Å². The van der Waals surface area contributed by atoms with Crippen LogP contribution in [-0.4, -0.2) is 32.5 Å². The van der Waals surface area contributed by atoms with Crippen molar-refractivity contribution in [2.75, 3.05) is 26.9 Å². The molecule has 17 heavy (non-hydrogen) atoms. The second-order valence-electron chi connectivity index (χ2n) is 4.62. The van der Waals surface area contributed by atoms with Crippen molar-refractivity contribution in [1.82, 2.24) is 5.32 Å². The van der Waals surface area contributed by atoms with Crippen LogP contribution < -0.4 is 5.32 Å². The summed E-state index contributed by atoms with van der Waals surface area (Å²) >= 11 is 1.80. The first-order chi connectivity index (χ1) is 8.26. The molecule has 1 aromatic heterocycles. The highest BCUT2D eigenvalue weighted by molar-refractivity contribution is 7.10. The number of hydrogen-bond donors (Lipinski definition) is 1. The minimum atomic E-state index is -0.0379. The van der Waals surface area contributed by atoms with Crippen LogP contribution in [0, 0.1) is 0 Å². The number of thiophene rings is 1. The Morgan fingerprint density at radius 2 is 2.29 bits per heavy atom. The van der Waals surface area contributed by atoms with Gasteiger partial charge in [0.2, 0.25) is 0 Å². The van der Waals surface area contributed by atoms with E-state index < -0.39 is 0 Å². The molecule has 1 aliphatic heterocycles. The highest BCUT2D eigenvalue weighted by atomic mass is 32.1. The molecule has 1 aromatic rings. The van der Waals surface area contributed by atoms with Crippen LogP contribution in [0.25, 0.3) is 0 Å². The summed E-state index contributed by atoms with van der Waals surface area (Å²) in [5, 5.41) is 5.70. The monoisotopic (exact) mass is 255 g/mol. The van der Waals surface area contributed by atoms with Crippen molar-refractivity contribution in [2.45, 2.75) is 31.4 Å². The Balaban J connectivity index is 1.87. The number of nitrogens with one attached hydrogen (secondary N) is 1. The van der Waals surface area contributed by atoms with Crippen LogP contribution >= 0.6 is 11.3 Å². The first-order valence-electron chi connectivity index (χ1n) is 6.15. The second kappa shape index (κ2) is 5.96. The lowest BCUT2D eigenvalue weighted by atomic mass is 9.93. The normalized spacial score (nSPS) is 21.3. The van der Waals surface area contributed by atoms with Gasteiger partial charge in [-0.05, 0) is 18.4 Å². The number of hydrogen-bond acceptors (Lipinski definition) is 4. The molecule has 0 amide bonds. The van der Waals surface area contributed by atoms with E-state index in [-0.39, 0.29) is 5.60 Å². The molecule has 0 unspecified atom stereocenters. The van der Waals surface area contributed by atoms with Gasteiger partial charge in [-0.1, -0.05) is 6.07 Å². The quantitative estimate of drug-likeness (QED) is 0.877. The van der Waals surface area contributed by atoms with Gasteiger partial charge < -0.3 is 14.8 Å². The van der Waals surface area contributed by atoms with Gasteiger partial charge in [0.1, 0.15) is 0 Å².